The third-order valence-electron chi connectivity index (χ3n) is 6.19. The zero-order valence-corrected chi connectivity index (χ0v) is 17.4. The SMILES string of the molecule is Nc1ccc(OC2CC2)cc1C(=[NH2+])c1ccnc(N2CCc3oc(C4CC4)nc3C2)c1. The number of aromatic nitrogens is 2. The van der Waals surface area contributed by atoms with Crippen LogP contribution in [0.5, 0.6) is 5.75 Å². The Labute approximate surface area is 180 Å². The largest absolute Gasteiger partial charge is 0.490 e. The third-order valence-corrected chi connectivity index (χ3v) is 6.19. The van der Waals surface area contributed by atoms with E-state index < -0.39 is 0 Å². The van der Waals surface area contributed by atoms with Crippen molar-refractivity contribution in [2.75, 3.05) is 17.2 Å². The summed E-state index contributed by atoms with van der Waals surface area (Å²) in [7, 11) is 0. The number of oxazole rings is 1. The van der Waals surface area contributed by atoms with E-state index >= 15 is 0 Å². The van der Waals surface area contributed by atoms with E-state index in [2.05, 4.69) is 9.88 Å². The number of benzene rings is 1. The van der Waals surface area contributed by atoms with E-state index in [-0.39, 0.29) is 0 Å². The summed E-state index contributed by atoms with van der Waals surface area (Å²) in [6, 6.07) is 9.64. The van der Waals surface area contributed by atoms with Gasteiger partial charge in [0.15, 0.2) is 5.89 Å². The van der Waals surface area contributed by atoms with Gasteiger partial charge in [0.2, 0.25) is 5.71 Å². The molecule has 0 unspecified atom stereocenters. The van der Waals surface area contributed by atoms with Gasteiger partial charge in [-0.25, -0.2) is 9.97 Å². The van der Waals surface area contributed by atoms with Gasteiger partial charge >= 0.3 is 0 Å². The Balaban J connectivity index is 1.24. The highest BCUT2D eigenvalue weighted by atomic mass is 16.5. The van der Waals surface area contributed by atoms with Crippen molar-refractivity contribution in [3.8, 4) is 5.75 Å². The number of nitrogens with two attached hydrogens (primary N) is 2. The van der Waals surface area contributed by atoms with Gasteiger partial charge in [-0.1, -0.05) is 0 Å². The molecule has 3 aliphatic rings. The van der Waals surface area contributed by atoms with Crippen LogP contribution in [-0.2, 0) is 13.0 Å². The molecule has 31 heavy (non-hydrogen) atoms. The van der Waals surface area contributed by atoms with Crippen LogP contribution in [-0.4, -0.2) is 28.3 Å². The van der Waals surface area contributed by atoms with E-state index in [1.165, 1.54) is 12.8 Å². The Hall–Kier alpha value is -3.35. The molecule has 1 aliphatic heterocycles. The molecule has 6 rings (SSSR count). The molecule has 4 N–H and O–H groups in total. The number of hydrogen-bond acceptors (Lipinski definition) is 6. The molecule has 2 aromatic heterocycles. The fraction of sp³-hybridized carbons (Fsp3) is 0.375. The van der Waals surface area contributed by atoms with Crippen LogP contribution in [0.15, 0.2) is 40.9 Å². The Morgan fingerprint density at radius 1 is 1.16 bits per heavy atom. The van der Waals surface area contributed by atoms with Crippen molar-refractivity contribution in [2.24, 2.45) is 0 Å². The predicted octanol–water partition coefficient (Wildman–Crippen LogP) is 2.23. The average molecular weight is 417 g/mol. The molecule has 0 amide bonds. The van der Waals surface area contributed by atoms with E-state index in [0.717, 1.165) is 65.8 Å². The van der Waals surface area contributed by atoms with Crippen molar-refractivity contribution >= 4 is 17.2 Å². The summed E-state index contributed by atoms with van der Waals surface area (Å²) < 4.78 is 11.9. The van der Waals surface area contributed by atoms with Gasteiger partial charge < -0.3 is 19.8 Å². The topological polar surface area (TPSA) is 103 Å². The lowest BCUT2D eigenvalue weighted by Gasteiger charge is -2.26. The minimum atomic E-state index is 0.325. The van der Waals surface area contributed by atoms with E-state index in [1.807, 2.05) is 30.3 Å². The Morgan fingerprint density at radius 3 is 2.84 bits per heavy atom. The van der Waals surface area contributed by atoms with Crippen LogP contribution in [0.1, 0.15) is 60.1 Å². The number of ether oxygens (including phenoxy) is 1. The number of pyridine rings is 1. The summed E-state index contributed by atoms with van der Waals surface area (Å²) in [4.78, 5) is 11.6. The molecule has 7 nitrogen and oxygen atoms in total. The second-order valence-electron chi connectivity index (χ2n) is 8.75. The van der Waals surface area contributed by atoms with E-state index in [9.17, 15) is 0 Å². The molecule has 2 fully saturated rings. The molecule has 7 heteroatoms. The zero-order valence-electron chi connectivity index (χ0n) is 17.4. The summed E-state index contributed by atoms with van der Waals surface area (Å²) in [5, 5.41) is 6.56. The normalized spacial score (nSPS) is 18.0. The van der Waals surface area contributed by atoms with E-state index in [1.54, 1.807) is 6.20 Å². The highest BCUT2D eigenvalue weighted by Crippen LogP contribution is 2.41. The van der Waals surface area contributed by atoms with E-state index in [4.69, 9.17) is 25.3 Å². The molecule has 3 aromatic rings. The molecular formula is C24H26N5O2+. The fourth-order valence-electron chi connectivity index (χ4n) is 4.05. The van der Waals surface area contributed by atoms with Crippen LogP contribution in [0.25, 0.3) is 0 Å². The molecule has 2 saturated carbocycles. The van der Waals surface area contributed by atoms with Crippen LogP contribution in [0.3, 0.4) is 0 Å². The van der Waals surface area contributed by atoms with Gasteiger partial charge in [-0.2, -0.15) is 0 Å². The maximum atomic E-state index is 6.56. The number of nitrogens with zero attached hydrogens (tertiary/aromatic N) is 3. The van der Waals surface area contributed by atoms with Gasteiger partial charge in [-0.15, -0.1) is 0 Å². The summed E-state index contributed by atoms with van der Waals surface area (Å²) in [5.74, 6) is 4.16. The lowest BCUT2D eigenvalue weighted by Crippen LogP contribution is -2.41. The molecule has 158 valence electrons. The van der Waals surface area contributed by atoms with Crippen LogP contribution < -0.4 is 20.8 Å². The van der Waals surface area contributed by atoms with Crippen LogP contribution in [0.2, 0.25) is 0 Å². The number of rotatable bonds is 6. The number of fused-ring (bicyclic) bond motifs is 1. The number of hydrogen-bond donors (Lipinski definition) is 2. The molecule has 1 aromatic carbocycles. The fourth-order valence-corrected chi connectivity index (χ4v) is 4.05. The van der Waals surface area contributed by atoms with Crippen molar-refractivity contribution in [1.29, 1.82) is 0 Å². The molecule has 3 heterocycles. The molecule has 0 atom stereocenters. The summed E-state index contributed by atoms with van der Waals surface area (Å²) in [5.41, 5.74) is 10.2. The van der Waals surface area contributed by atoms with Crippen molar-refractivity contribution in [1.82, 2.24) is 9.97 Å². The first kappa shape index (κ1) is 18.4. The first-order valence-corrected chi connectivity index (χ1v) is 11.0. The van der Waals surface area contributed by atoms with Gasteiger partial charge in [0, 0.05) is 30.8 Å². The van der Waals surface area contributed by atoms with Crippen molar-refractivity contribution in [3.05, 3.63) is 65.0 Å². The lowest BCUT2D eigenvalue weighted by molar-refractivity contribution is -0.111. The highest BCUT2D eigenvalue weighted by Gasteiger charge is 2.32. The van der Waals surface area contributed by atoms with Gasteiger partial charge in [0.25, 0.3) is 0 Å². The van der Waals surface area contributed by atoms with Gasteiger partial charge in [-0.3, -0.25) is 5.41 Å². The molecule has 0 spiro atoms. The molecule has 0 radical (unpaired) electrons. The first-order chi connectivity index (χ1) is 15.1. The van der Waals surface area contributed by atoms with E-state index in [0.29, 0.717) is 30.0 Å². The second kappa shape index (κ2) is 7.11. The van der Waals surface area contributed by atoms with Crippen LogP contribution in [0.4, 0.5) is 11.5 Å². The maximum absolute atomic E-state index is 6.56. The quantitative estimate of drug-likeness (QED) is 0.472. The lowest BCUT2D eigenvalue weighted by atomic mass is 10.0. The van der Waals surface area contributed by atoms with Gasteiger partial charge in [0.1, 0.15) is 23.0 Å². The summed E-state index contributed by atoms with van der Waals surface area (Å²) in [6.45, 7) is 1.55. The number of anilines is 2. The zero-order chi connectivity index (χ0) is 20.9. The Kier molecular flexibility index (Phi) is 4.23. The minimum Gasteiger partial charge on any atom is -0.490 e. The van der Waals surface area contributed by atoms with Gasteiger partial charge in [-0.05, 0) is 56.0 Å². The molecular weight excluding hydrogens is 390 g/mol. The standard InChI is InChI=1S/C24H25N5O2/c25-19-6-5-17(30-16-3-4-16)12-18(19)23(26)15-7-9-27-22(11-15)29-10-8-21-20(13-29)28-24(31-21)14-1-2-14/h5-7,9,11-12,14,16,26H,1-4,8,10,13,25H2/p+1. The average Bonchev–Trinajstić information content (AvgIpc) is 3.73. The molecule has 0 bridgehead atoms. The third kappa shape index (κ3) is 3.65. The highest BCUT2D eigenvalue weighted by molar-refractivity contribution is 6.12. The number of nitrogen functional groups attached to an aromatic ring is 1. The smallest absolute Gasteiger partial charge is 0.213 e. The van der Waals surface area contributed by atoms with Gasteiger partial charge in [0.05, 0.1) is 23.8 Å². The summed E-state index contributed by atoms with van der Waals surface area (Å²) >= 11 is 0. The summed E-state index contributed by atoms with van der Waals surface area (Å²) in [6.07, 6.45) is 7.57. The molecule has 0 saturated heterocycles. The van der Waals surface area contributed by atoms with Crippen molar-refractivity contribution in [2.45, 2.75) is 50.7 Å². The first-order valence-electron chi connectivity index (χ1n) is 11.0. The maximum Gasteiger partial charge on any atom is 0.213 e. The van der Waals surface area contributed by atoms with Crippen molar-refractivity contribution in [3.63, 3.8) is 0 Å². The predicted molar refractivity (Wildman–Crippen MR) is 117 cm³/mol. The van der Waals surface area contributed by atoms with Crippen molar-refractivity contribution < 1.29 is 14.6 Å². The molecule has 2 aliphatic carbocycles. The monoisotopic (exact) mass is 416 g/mol. The second-order valence-corrected chi connectivity index (χ2v) is 8.75. The Morgan fingerprint density at radius 2 is 2.03 bits per heavy atom. The van der Waals surface area contributed by atoms with Crippen LogP contribution >= 0.6 is 0 Å². The van der Waals surface area contributed by atoms with Crippen LogP contribution in [0, 0.1) is 0 Å². The minimum absolute atomic E-state index is 0.325. The Bertz CT molecular complexity index is 1160.